The fourth-order valence-corrected chi connectivity index (χ4v) is 5.01. The number of nitrogens with one attached hydrogen (secondary N) is 2. The van der Waals surface area contributed by atoms with Gasteiger partial charge in [-0.15, -0.1) is 13.2 Å². The summed E-state index contributed by atoms with van der Waals surface area (Å²) in [5.74, 6) is -1.66. The molecule has 4 rings (SSSR count). The van der Waals surface area contributed by atoms with Gasteiger partial charge in [0.05, 0.1) is 30.6 Å². The van der Waals surface area contributed by atoms with Gasteiger partial charge in [-0.25, -0.2) is 14.6 Å². The number of amides is 2. The summed E-state index contributed by atoms with van der Waals surface area (Å²) in [6.07, 6.45) is -3.42. The Bertz CT molecular complexity index is 1450. The van der Waals surface area contributed by atoms with E-state index < -0.39 is 30.2 Å². The van der Waals surface area contributed by atoms with Gasteiger partial charge in [0, 0.05) is 12.1 Å². The molecule has 0 aliphatic carbocycles. The van der Waals surface area contributed by atoms with Crippen LogP contribution in [0, 0.1) is 11.8 Å². The lowest BCUT2D eigenvalue weighted by molar-refractivity contribution is -0.274. The third-order valence-electron chi connectivity index (χ3n) is 7.06. The van der Waals surface area contributed by atoms with E-state index in [1.165, 1.54) is 19.2 Å². The van der Waals surface area contributed by atoms with Crippen LogP contribution in [-0.4, -0.2) is 64.0 Å². The molecular formula is C29H31F3N4O6. The van der Waals surface area contributed by atoms with E-state index in [1.54, 1.807) is 35.4 Å². The number of carboxylic acids is 1. The van der Waals surface area contributed by atoms with E-state index in [4.69, 9.17) is 0 Å². The standard InChI is InChI=1S/C29H31F3N4O6/c1-15(2)24(35-28(40)41-4)26(37)36-14-16(3)11-22(36)25-33-13-21(34-25)18-7-5-17(6-8-18)20-10-9-19(27(38)39)12-23(20)42-29(30,31)32/h5-10,12-13,15-16,22,24H,11,14H2,1-4H3,(H,33,34)(H,35,40)(H,38,39)/t16-,22-,24?/m0/s1. The Morgan fingerprint density at radius 1 is 1.12 bits per heavy atom. The molecule has 2 heterocycles. The number of methoxy groups -OCH3 is 1. The average Bonchev–Trinajstić information content (AvgIpc) is 3.57. The molecule has 10 nitrogen and oxygen atoms in total. The quantitative estimate of drug-likeness (QED) is 0.311. The van der Waals surface area contributed by atoms with Gasteiger partial charge < -0.3 is 29.8 Å². The van der Waals surface area contributed by atoms with Gasteiger partial charge in [0.2, 0.25) is 5.91 Å². The summed E-state index contributed by atoms with van der Waals surface area (Å²) < 4.78 is 47.8. The van der Waals surface area contributed by atoms with Crippen molar-refractivity contribution in [2.24, 2.45) is 11.8 Å². The minimum Gasteiger partial charge on any atom is -0.478 e. The van der Waals surface area contributed by atoms with Crippen molar-refractivity contribution in [2.75, 3.05) is 13.7 Å². The molecule has 1 unspecified atom stereocenters. The maximum atomic E-state index is 13.5. The summed E-state index contributed by atoms with van der Waals surface area (Å²) in [4.78, 5) is 46.1. The first kappa shape index (κ1) is 30.4. The van der Waals surface area contributed by atoms with Gasteiger partial charge in [-0.1, -0.05) is 45.0 Å². The van der Waals surface area contributed by atoms with E-state index in [0.29, 0.717) is 35.6 Å². The molecule has 0 radical (unpaired) electrons. The van der Waals surface area contributed by atoms with Crippen molar-refractivity contribution in [3.8, 4) is 28.1 Å². The molecule has 0 saturated carbocycles. The highest BCUT2D eigenvalue weighted by atomic mass is 19.4. The van der Waals surface area contributed by atoms with Crippen molar-refractivity contribution in [1.82, 2.24) is 20.2 Å². The lowest BCUT2D eigenvalue weighted by Gasteiger charge is -2.30. The second kappa shape index (κ2) is 12.1. The largest absolute Gasteiger partial charge is 0.573 e. The van der Waals surface area contributed by atoms with E-state index in [1.807, 2.05) is 20.8 Å². The number of imidazole rings is 1. The highest BCUT2D eigenvalue weighted by molar-refractivity contribution is 5.90. The number of aromatic amines is 1. The summed E-state index contributed by atoms with van der Waals surface area (Å²) in [5.41, 5.74) is 1.44. The van der Waals surface area contributed by atoms with Gasteiger partial charge in [0.25, 0.3) is 0 Å². The molecule has 1 aromatic heterocycles. The average molecular weight is 589 g/mol. The van der Waals surface area contributed by atoms with Crippen LogP contribution in [0.2, 0.25) is 0 Å². The number of rotatable bonds is 8. The van der Waals surface area contributed by atoms with Crippen LogP contribution in [0.3, 0.4) is 0 Å². The number of halogens is 3. The minimum atomic E-state index is -5.00. The van der Waals surface area contributed by atoms with E-state index in [9.17, 15) is 32.7 Å². The number of aromatic carboxylic acids is 1. The normalized spacial score (nSPS) is 17.7. The number of ether oxygens (including phenoxy) is 2. The highest BCUT2D eigenvalue weighted by Crippen LogP contribution is 2.37. The fourth-order valence-electron chi connectivity index (χ4n) is 5.01. The number of hydrogen-bond acceptors (Lipinski definition) is 6. The number of alkyl carbamates (subject to hydrolysis) is 1. The molecule has 0 spiro atoms. The zero-order chi connectivity index (χ0) is 30.8. The molecule has 0 bridgehead atoms. The number of aromatic nitrogens is 2. The Morgan fingerprint density at radius 2 is 1.79 bits per heavy atom. The van der Waals surface area contributed by atoms with Crippen LogP contribution in [0.5, 0.6) is 5.75 Å². The van der Waals surface area contributed by atoms with Gasteiger partial charge in [-0.05, 0) is 47.6 Å². The van der Waals surface area contributed by atoms with Crippen molar-refractivity contribution < 1.29 is 42.1 Å². The third-order valence-corrected chi connectivity index (χ3v) is 7.06. The highest BCUT2D eigenvalue weighted by Gasteiger charge is 2.40. The number of nitrogens with zero attached hydrogens (tertiary/aromatic N) is 2. The topological polar surface area (TPSA) is 134 Å². The molecule has 2 aromatic carbocycles. The van der Waals surface area contributed by atoms with E-state index >= 15 is 0 Å². The first-order chi connectivity index (χ1) is 19.8. The summed E-state index contributed by atoms with van der Waals surface area (Å²) in [6.45, 7) is 6.19. The van der Waals surface area contributed by atoms with E-state index in [-0.39, 0.29) is 34.9 Å². The number of carbonyl (C=O) groups excluding carboxylic acids is 2. The van der Waals surface area contributed by atoms with Crippen LogP contribution in [0.1, 0.15) is 49.4 Å². The predicted octanol–water partition coefficient (Wildman–Crippen LogP) is 5.63. The van der Waals surface area contributed by atoms with Crippen molar-refractivity contribution in [1.29, 1.82) is 0 Å². The lowest BCUT2D eigenvalue weighted by Crippen LogP contribution is -2.51. The molecule has 1 saturated heterocycles. The molecule has 3 N–H and O–H groups in total. The Balaban J connectivity index is 1.58. The summed E-state index contributed by atoms with van der Waals surface area (Å²) in [5, 5.41) is 11.8. The Hall–Kier alpha value is -4.55. The second-order valence-electron chi connectivity index (χ2n) is 10.5. The molecule has 42 heavy (non-hydrogen) atoms. The minimum absolute atomic E-state index is 0.0727. The number of carboxylic acid groups (broad SMARTS) is 1. The molecular weight excluding hydrogens is 557 g/mol. The molecule has 1 aliphatic rings. The van der Waals surface area contributed by atoms with Crippen LogP contribution in [0.15, 0.2) is 48.7 Å². The van der Waals surface area contributed by atoms with Crippen molar-refractivity contribution in [3.05, 3.63) is 60.0 Å². The first-order valence-corrected chi connectivity index (χ1v) is 13.2. The molecule has 2 amide bonds. The number of benzene rings is 2. The Kier molecular flexibility index (Phi) is 8.78. The first-order valence-electron chi connectivity index (χ1n) is 13.2. The summed E-state index contributed by atoms with van der Waals surface area (Å²) in [6, 6.07) is 8.73. The second-order valence-corrected chi connectivity index (χ2v) is 10.5. The maximum Gasteiger partial charge on any atom is 0.573 e. The predicted molar refractivity (Wildman–Crippen MR) is 146 cm³/mol. The number of hydrogen-bond donors (Lipinski definition) is 3. The zero-order valence-electron chi connectivity index (χ0n) is 23.4. The Morgan fingerprint density at radius 3 is 2.38 bits per heavy atom. The van der Waals surface area contributed by atoms with Gasteiger partial charge in [-0.2, -0.15) is 0 Å². The molecule has 3 aromatic rings. The van der Waals surface area contributed by atoms with Gasteiger partial charge in [-0.3, -0.25) is 4.79 Å². The van der Waals surface area contributed by atoms with Crippen LogP contribution in [0.4, 0.5) is 18.0 Å². The molecule has 224 valence electrons. The number of H-pyrrole nitrogens is 1. The van der Waals surface area contributed by atoms with Crippen LogP contribution in [0.25, 0.3) is 22.4 Å². The number of likely N-dealkylation sites (tertiary alicyclic amines) is 1. The van der Waals surface area contributed by atoms with Crippen molar-refractivity contribution in [3.63, 3.8) is 0 Å². The van der Waals surface area contributed by atoms with Crippen molar-refractivity contribution in [2.45, 2.75) is 45.6 Å². The van der Waals surface area contributed by atoms with Crippen LogP contribution < -0.4 is 10.1 Å². The SMILES string of the molecule is COC(=O)NC(C(=O)N1C[C@@H](C)C[C@H]1c1ncc(-c2ccc(-c3ccc(C(=O)O)cc3OC(F)(F)F)cc2)[nH]1)C(C)C. The van der Waals surface area contributed by atoms with Crippen LogP contribution in [-0.2, 0) is 9.53 Å². The molecule has 1 aliphatic heterocycles. The Labute approximate surface area is 239 Å². The van der Waals surface area contributed by atoms with Gasteiger partial charge in [0.15, 0.2) is 0 Å². The maximum absolute atomic E-state index is 13.5. The van der Waals surface area contributed by atoms with Crippen LogP contribution >= 0.6 is 0 Å². The molecule has 1 fully saturated rings. The summed E-state index contributed by atoms with van der Waals surface area (Å²) in [7, 11) is 1.24. The van der Waals surface area contributed by atoms with Gasteiger partial charge in [0.1, 0.15) is 17.6 Å². The van der Waals surface area contributed by atoms with Crippen molar-refractivity contribution >= 4 is 18.0 Å². The fraction of sp³-hybridized carbons (Fsp3) is 0.379. The zero-order valence-corrected chi connectivity index (χ0v) is 23.4. The van der Waals surface area contributed by atoms with E-state index in [2.05, 4.69) is 24.8 Å². The monoisotopic (exact) mass is 588 g/mol. The third kappa shape index (κ3) is 6.84. The molecule has 3 atom stereocenters. The summed E-state index contributed by atoms with van der Waals surface area (Å²) >= 11 is 0. The molecule has 13 heteroatoms. The number of alkyl halides is 3. The van der Waals surface area contributed by atoms with E-state index in [0.717, 1.165) is 6.07 Å². The number of carbonyl (C=O) groups is 3. The smallest absolute Gasteiger partial charge is 0.478 e. The van der Waals surface area contributed by atoms with Gasteiger partial charge >= 0.3 is 18.4 Å². The lowest BCUT2D eigenvalue weighted by atomic mass is 10.0.